The molecule has 0 atom stereocenters. The number of rotatable bonds is 6. The Balaban J connectivity index is 2.10. The number of thiophene rings is 1. The molecule has 0 aliphatic carbocycles. The number of nitrogens with zero attached hydrogens (tertiary/aromatic N) is 2. The summed E-state index contributed by atoms with van der Waals surface area (Å²) in [6, 6.07) is 2.28. The number of hydrogen-bond acceptors (Lipinski definition) is 3. The second-order valence-corrected chi connectivity index (χ2v) is 6.41. The Bertz CT molecular complexity index is 520. The first kappa shape index (κ1) is 14.1. The van der Waals surface area contributed by atoms with Crippen LogP contribution in [0.5, 0.6) is 0 Å². The van der Waals surface area contributed by atoms with Crippen LogP contribution in [-0.2, 0) is 6.54 Å². The number of imidazole rings is 1. The molecule has 19 heavy (non-hydrogen) atoms. The van der Waals surface area contributed by atoms with Crippen molar-refractivity contribution >= 4 is 17.3 Å². The van der Waals surface area contributed by atoms with Crippen LogP contribution >= 0.6 is 11.3 Å². The Labute approximate surface area is 119 Å². The molecule has 0 bridgehead atoms. The number of hydrogen-bond donors (Lipinski definition) is 1. The normalized spacial score (nSPS) is 10.9. The maximum Gasteiger partial charge on any atom is 0.203 e. The number of unbranched alkanes of at least 4 members (excludes halogenated alkanes) is 1. The van der Waals surface area contributed by atoms with Crippen LogP contribution in [0, 0.1) is 20.8 Å². The minimum Gasteiger partial charge on any atom is -0.356 e. The van der Waals surface area contributed by atoms with E-state index in [1.54, 1.807) is 0 Å². The van der Waals surface area contributed by atoms with E-state index in [4.69, 9.17) is 0 Å². The second-order valence-electron chi connectivity index (χ2n) is 5.07. The first-order valence-corrected chi connectivity index (χ1v) is 7.75. The van der Waals surface area contributed by atoms with Gasteiger partial charge in [0.15, 0.2) is 0 Å². The largest absolute Gasteiger partial charge is 0.356 e. The standard InChI is InChI=1S/C15H23N3S/c1-5-6-7-16-15-17-12(3)9-18(15)10-14-8-11(2)13(4)19-14/h8-9H,5-7,10H2,1-4H3,(H,16,17). The molecular weight excluding hydrogens is 254 g/mol. The molecule has 1 N–H and O–H groups in total. The van der Waals surface area contributed by atoms with Gasteiger partial charge in [-0.2, -0.15) is 0 Å². The van der Waals surface area contributed by atoms with Crippen molar-refractivity contribution in [3.63, 3.8) is 0 Å². The van der Waals surface area contributed by atoms with Gasteiger partial charge in [-0.1, -0.05) is 13.3 Å². The van der Waals surface area contributed by atoms with Crippen molar-refractivity contribution in [2.75, 3.05) is 11.9 Å². The summed E-state index contributed by atoms with van der Waals surface area (Å²) in [5.74, 6) is 0.995. The highest BCUT2D eigenvalue weighted by Crippen LogP contribution is 2.23. The summed E-state index contributed by atoms with van der Waals surface area (Å²) in [6.07, 6.45) is 4.51. The number of nitrogens with one attached hydrogen (secondary N) is 1. The van der Waals surface area contributed by atoms with Crippen molar-refractivity contribution in [3.05, 3.63) is 33.3 Å². The zero-order valence-corrected chi connectivity index (χ0v) is 13.1. The summed E-state index contributed by atoms with van der Waals surface area (Å²) in [5.41, 5.74) is 2.46. The van der Waals surface area contributed by atoms with Crippen molar-refractivity contribution in [3.8, 4) is 0 Å². The average molecular weight is 277 g/mol. The number of aryl methyl sites for hydroxylation is 3. The Morgan fingerprint density at radius 2 is 2.11 bits per heavy atom. The van der Waals surface area contributed by atoms with Gasteiger partial charge < -0.3 is 9.88 Å². The minimum absolute atomic E-state index is 0.911. The van der Waals surface area contributed by atoms with Crippen LogP contribution in [0.15, 0.2) is 12.3 Å². The van der Waals surface area contributed by atoms with Gasteiger partial charge in [-0.05, 0) is 38.8 Å². The maximum atomic E-state index is 4.56. The van der Waals surface area contributed by atoms with Crippen molar-refractivity contribution in [1.82, 2.24) is 9.55 Å². The molecule has 0 saturated heterocycles. The van der Waals surface area contributed by atoms with E-state index in [0.29, 0.717) is 0 Å². The van der Waals surface area contributed by atoms with E-state index in [2.05, 4.69) is 47.9 Å². The average Bonchev–Trinajstić information content (AvgIpc) is 2.84. The lowest BCUT2D eigenvalue weighted by atomic mass is 10.3. The Kier molecular flexibility index (Phi) is 4.64. The molecule has 0 unspecified atom stereocenters. The Morgan fingerprint density at radius 1 is 1.32 bits per heavy atom. The van der Waals surface area contributed by atoms with E-state index >= 15 is 0 Å². The third-order valence-corrected chi connectivity index (χ3v) is 4.39. The third-order valence-electron chi connectivity index (χ3n) is 3.25. The van der Waals surface area contributed by atoms with E-state index in [9.17, 15) is 0 Å². The zero-order chi connectivity index (χ0) is 13.8. The molecule has 2 aromatic rings. The van der Waals surface area contributed by atoms with Gasteiger partial charge in [-0.25, -0.2) is 4.98 Å². The fraction of sp³-hybridized carbons (Fsp3) is 0.533. The highest BCUT2D eigenvalue weighted by atomic mass is 32.1. The molecule has 104 valence electrons. The monoisotopic (exact) mass is 277 g/mol. The van der Waals surface area contributed by atoms with Crippen LogP contribution in [0.1, 0.15) is 40.8 Å². The predicted molar refractivity (Wildman–Crippen MR) is 83.3 cm³/mol. The van der Waals surface area contributed by atoms with E-state index in [1.807, 2.05) is 18.3 Å². The molecule has 0 radical (unpaired) electrons. The number of anilines is 1. The van der Waals surface area contributed by atoms with Gasteiger partial charge >= 0.3 is 0 Å². The van der Waals surface area contributed by atoms with Crippen molar-refractivity contribution in [1.29, 1.82) is 0 Å². The van der Waals surface area contributed by atoms with E-state index in [-0.39, 0.29) is 0 Å². The molecule has 0 aliphatic heterocycles. The van der Waals surface area contributed by atoms with Crippen LogP contribution in [0.25, 0.3) is 0 Å². The lowest BCUT2D eigenvalue weighted by Gasteiger charge is -2.08. The Morgan fingerprint density at radius 3 is 2.74 bits per heavy atom. The molecule has 2 rings (SSSR count). The van der Waals surface area contributed by atoms with Gasteiger partial charge in [-0.15, -0.1) is 11.3 Å². The zero-order valence-electron chi connectivity index (χ0n) is 12.3. The molecule has 0 aliphatic rings. The van der Waals surface area contributed by atoms with Crippen molar-refractivity contribution in [2.24, 2.45) is 0 Å². The first-order valence-electron chi connectivity index (χ1n) is 6.93. The predicted octanol–water partition coefficient (Wildman–Crippen LogP) is 4.13. The summed E-state index contributed by atoms with van der Waals surface area (Å²) in [4.78, 5) is 7.37. The summed E-state index contributed by atoms with van der Waals surface area (Å²) in [5, 5.41) is 3.43. The Hall–Kier alpha value is -1.29. The van der Waals surface area contributed by atoms with Crippen LogP contribution in [0.2, 0.25) is 0 Å². The van der Waals surface area contributed by atoms with Gasteiger partial charge in [0.1, 0.15) is 0 Å². The van der Waals surface area contributed by atoms with Crippen LogP contribution in [0.4, 0.5) is 5.95 Å². The molecular formula is C15H23N3S. The second kappa shape index (κ2) is 6.24. The SMILES string of the molecule is CCCCNc1nc(C)cn1Cc1cc(C)c(C)s1. The van der Waals surface area contributed by atoms with Crippen LogP contribution < -0.4 is 5.32 Å². The summed E-state index contributed by atoms with van der Waals surface area (Å²) < 4.78 is 2.22. The molecule has 0 aromatic carbocycles. The fourth-order valence-corrected chi connectivity index (χ4v) is 3.13. The minimum atomic E-state index is 0.911. The molecule has 0 spiro atoms. The van der Waals surface area contributed by atoms with Gasteiger partial charge in [0.2, 0.25) is 5.95 Å². The highest BCUT2D eigenvalue weighted by molar-refractivity contribution is 7.12. The highest BCUT2D eigenvalue weighted by Gasteiger charge is 2.08. The number of aromatic nitrogens is 2. The smallest absolute Gasteiger partial charge is 0.203 e. The lowest BCUT2D eigenvalue weighted by molar-refractivity contribution is 0.782. The summed E-state index contributed by atoms with van der Waals surface area (Å²) in [6.45, 7) is 10.5. The fourth-order valence-electron chi connectivity index (χ4n) is 2.08. The van der Waals surface area contributed by atoms with Gasteiger partial charge in [-0.3, -0.25) is 0 Å². The quantitative estimate of drug-likeness (QED) is 0.805. The van der Waals surface area contributed by atoms with Crippen LogP contribution in [0.3, 0.4) is 0 Å². The molecule has 0 fully saturated rings. The molecule has 2 heterocycles. The summed E-state index contributed by atoms with van der Waals surface area (Å²) >= 11 is 1.88. The van der Waals surface area contributed by atoms with Crippen LogP contribution in [-0.4, -0.2) is 16.1 Å². The topological polar surface area (TPSA) is 29.9 Å². The molecule has 0 amide bonds. The third kappa shape index (κ3) is 3.60. The van der Waals surface area contributed by atoms with E-state index < -0.39 is 0 Å². The lowest BCUT2D eigenvalue weighted by Crippen LogP contribution is -2.08. The van der Waals surface area contributed by atoms with E-state index in [1.165, 1.54) is 28.2 Å². The van der Waals surface area contributed by atoms with Gasteiger partial charge in [0.25, 0.3) is 0 Å². The van der Waals surface area contributed by atoms with Crippen molar-refractivity contribution in [2.45, 2.75) is 47.1 Å². The first-order chi connectivity index (χ1) is 9.10. The molecule has 3 nitrogen and oxygen atoms in total. The van der Waals surface area contributed by atoms with Gasteiger partial charge in [0, 0.05) is 22.5 Å². The van der Waals surface area contributed by atoms with Gasteiger partial charge in [0.05, 0.1) is 12.2 Å². The molecule has 4 heteroatoms. The summed E-state index contributed by atoms with van der Waals surface area (Å²) in [7, 11) is 0. The molecule has 2 aromatic heterocycles. The van der Waals surface area contributed by atoms with E-state index in [0.717, 1.165) is 24.7 Å². The maximum absolute atomic E-state index is 4.56. The van der Waals surface area contributed by atoms with Crippen molar-refractivity contribution < 1.29 is 0 Å². The molecule has 0 saturated carbocycles.